The Kier molecular flexibility index (Phi) is 6.66. The standard InChI is InChI=1S/C25H24N2O4S/c1-3-31-21-13-11-20(12-14-21)27-23(28)16-32-25(27)17-7-9-19(10-8-17)26-24(29)18-5-4-6-22(15-18)30-2/h4-15,25H,3,16H2,1-2H3,(H,26,29)/t25-/m1/s1. The van der Waals surface area contributed by atoms with E-state index in [-0.39, 0.29) is 17.2 Å². The van der Waals surface area contributed by atoms with Crippen LogP contribution in [0.5, 0.6) is 11.5 Å². The number of anilines is 2. The van der Waals surface area contributed by atoms with Crippen LogP contribution in [0, 0.1) is 0 Å². The lowest BCUT2D eigenvalue weighted by Crippen LogP contribution is -2.27. The first-order valence-corrected chi connectivity index (χ1v) is 11.4. The Balaban J connectivity index is 1.48. The molecule has 1 heterocycles. The zero-order chi connectivity index (χ0) is 22.5. The second-order valence-electron chi connectivity index (χ2n) is 7.16. The normalized spacial score (nSPS) is 15.5. The summed E-state index contributed by atoms with van der Waals surface area (Å²) in [6, 6.07) is 22.2. The van der Waals surface area contributed by atoms with Gasteiger partial charge in [0.25, 0.3) is 5.91 Å². The zero-order valence-corrected chi connectivity index (χ0v) is 18.7. The van der Waals surface area contributed by atoms with Gasteiger partial charge in [0.1, 0.15) is 16.9 Å². The molecule has 32 heavy (non-hydrogen) atoms. The van der Waals surface area contributed by atoms with E-state index in [0.29, 0.717) is 29.4 Å². The first kappa shape index (κ1) is 21.8. The first-order chi connectivity index (χ1) is 15.6. The minimum absolute atomic E-state index is 0.0690. The van der Waals surface area contributed by atoms with E-state index in [4.69, 9.17) is 9.47 Å². The Morgan fingerprint density at radius 3 is 2.50 bits per heavy atom. The van der Waals surface area contributed by atoms with E-state index in [2.05, 4.69) is 5.32 Å². The fourth-order valence-corrected chi connectivity index (χ4v) is 4.70. The summed E-state index contributed by atoms with van der Waals surface area (Å²) in [4.78, 5) is 27.0. The van der Waals surface area contributed by atoms with E-state index in [1.807, 2.05) is 60.4 Å². The van der Waals surface area contributed by atoms with Crippen molar-refractivity contribution >= 4 is 35.0 Å². The summed E-state index contributed by atoms with van der Waals surface area (Å²) in [7, 11) is 1.57. The van der Waals surface area contributed by atoms with Gasteiger partial charge in [0.2, 0.25) is 5.91 Å². The van der Waals surface area contributed by atoms with Crippen molar-refractivity contribution in [2.45, 2.75) is 12.3 Å². The number of nitrogens with one attached hydrogen (secondary N) is 1. The van der Waals surface area contributed by atoms with Gasteiger partial charge in [-0.1, -0.05) is 18.2 Å². The van der Waals surface area contributed by atoms with Crippen LogP contribution >= 0.6 is 11.8 Å². The van der Waals surface area contributed by atoms with E-state index in [1.165, 1.54) is 0 Å². The second-order valence-corrected chi connectivity index (χ2v) is 8.23. The molecule has 3 aromatic carbocycles. The van der Waals surface area contributed by atoms with Crippen LogP contribution < -0.4 is 19.7 Å². The molecule has 1 fully saturated rings. The number of amides is 2. The Bertz CT molecular complexity index is 1100. The SMILES string of the molecule is CCOc1ccc(N2C(=O)CS[C@@H]2c2ccc(NC(=O)c3cccc(OC)c3)cc2)cc1. The summed E-state index contributed by atoms with van der Waals surface area (Å²) in [5.41, 5.74) is 3.04. The number of benzene rings is 3. The van der Waals surface area contributed by atoms with Crippen LogP contribution in [0.3, 0.4) is 0 Å². The van der Waals surface area contributed by atoms with Crippen LogP contribution in [0.25, 0.3) is 0 Å². The van der Waals surface area contributed by atoms with Crippen molar-refractivity contribution in [1.29, 1.82) is 0 Å². The van der Waals surface area contributed by atoms with Crippen molar-refractivity contribution in [1.82, 2.24) is 0 Å². The molecule has 3 aromatic rings. The lowest BCUT2D eigenvalue weighted by Gasteiger charge is -2.24. The first-order valence-electron chi connectivity index (χ1n) is 10.3. The average molecular weight is 449 g/mol. The smallest absolute Gasteiger partial charge is 0.255 e. The van der Waals surface area contributed by atoms with Crippen molar-refractivity contribution in [3.05, 3.63) is 83.9 Å². The fraction of sp³-hybridized carbons (Fsp3) is 0.200. The van der Waals surface area contributed by atoms with Gasteiger partial charge in [0.05, 0.1) is 19.5 Å². The van der Waals surface area contributed by atoms with Crippen LogP contribution in [-0.2, 0) is 4.79 Å². The molecule has 1 atom stereocenters. The lowest BCUT2D eigenvalue weighted by molar-refractivity contribution is -0.115. The molecular weight excluding hydrogens is 424 g/mol. The van der Waals surface area contributed by atoms with Gasteiger partial charge in [-0.2, -0.15) is 0 Å². The van der Waals surface area contributed by atoms with Gasteiger partial charge in [0.15, 0.2) is 0 Å². The van der Waals surface area contributed by atoms with E-state index in [0.717, 1.165) is 17.0 Å². The number of rotatable bonds is 7. The summed E-state index contributed by atoms with van der Waals surface area (Å²) in [5.74, 6) is 1.69. The molecule has 4 rings (SSSR count). The summed E-state index contributed by atoms with van der Waals surface area (Å²) < 4.78 is 10.7. The van der Waals surface area contributed by atoms with Crippen LogP contribution in [0.2, 0.25) is 0 Å². The van der Waals surface area contributed by atoms with E-state index in [1.54, 1.807) is 43.1 Å². The van der Waals surface area contributed by atoms with Crippen molar-refractivity contribution in [3.63, 3.8) is 0 Å². The lowest BCUT2D eigenvalue weighted by atomic mass is 10.1. The van der Waals surface area contributed by atoms with E-state index >= 15 is 0 Å². The van der Waals surface area contributed by atoms with Gasteiger partial charge >= 0.3 is 0 Å². The topological polar surface area (TPSA) is 67.9 Å². The van der Waals surface area contributed by atoms with Crippen molar-refractivity contribution in [2.24, 2.45) is 0 Å². The van der Waals surface area contributed by atoms with Gasteiger partial charge in [-0.05, 0) is 67.1 Å². The highest BCUT2D eigenvalue weighted by molar-refractivity contribution is 8.00. The van der Waals surface area contributed by atoms with Crippen molar-refractivity contribution < 1.29 is 19.1 Å². The molecule has 1 aliphatic rings. The van der Waals surface area contributed by atoms with Crippen LogP contribution in [0.4, 0.5) is 11.4 Å². The number of carbonyl (C=O) groups is 2. The summed E-state index contributed by atoms with van der Waals surface area (Å²) >= 11 is 1.59. The molecule has 0 unspecified atom stereocenters. The molecule has 0 spiro atoms. The van der Waals surface area contributed by atoms with E-state index in [9.17, 15) is 9.59 Å². The maximum atomic E-state index is 12.6. The number of hydrogen-bond acceptors (Lipinski definition) is 5. The van der Waals surface area contributed by atoms with Crippen LogP contribution in [0.15, 0.2) is 72.8 Å². The molecule has 1 N–H and O–H groups in total. The predicted octanol–water partition coefficient (Wildman–Crippen LogP) is 5.12. The van der Waals surface area contributed by atoms with Crippen molar-refractivity contribution in [3.8, 4) is 11.5 Å². The highest BCUT2D eigenvalue weighted by Gasteiger charge is 2.34. The van der Waals surface area contributed by atoms with Gasteiger partial charge in [-0.3, -0.25) is 14.5 Å². The van der Waals surface area contributed by atoms with Gasteiger partial charge in [-0.15, -0.1) is 11.8 Å². The summed E-state index contributed by atoms with van der Waals surface area (Å²) in [6.07, 6.45) is 0. The van der Waals surface area contributed by atoms with Crippen molar-refractivity contribution in [2.75, 3.05) is 29.7 Å². The molecule has 1 saturated heterocycles. The molecule has 0 aliphatic carbocycles. The van der Waals surface area contributed by atoms with Crippen LogP contribution in [0.1, 0.15) is 28.2 Å². The summed E-state index contributed by atoms with van der Waals surface area (Å²) in [5, 5.41) is 2.78. The Morgan fingerprint density at radius 2 is 1.81 bits per heavy atom. The molecule has 0 aromatic heterocycles. The third kappa shape index (κ3) is 4.73. The van der Waals surface area contributed by atoms with Gasteiger partial charge in [0, 0.05) is 16.9 Å². The highest BCUT2D eigenvalue weighted by Crippen LogP contribution is 2.42. The Hall–Kier alpha value is -3.45. The van der Waals surface area contributed by atoms with Crippen LogP contribution in [-0.4, -0.2) is 31.3 Å². The quantitative estimate of drug-likeness (QED) is 0.543. The number of hydrogen-bond donors (Lipinski definition) is 1. The predicted molar refractivity (Wildman–Crippen MR) is 128 cm³/mol. The summed E-state index contributed by atoms with van der Waals surface area (Å²) in [6.45, 7) is 2.54. The molecule has 7 heteroatoms. The fourth-order valence-electron chi connectivity index (χ4n) is 3.52. The van der Waals surface area contributed by atoms with Gasteiger partial charge in [-0.25, -0.2) is 0 Å². The number of ether oxygens (including phenoxy) is 2. The maximum Gasteiger partial charge on any atom is 0.255 e. The third-order valence-corrected chi connectivity index (χ3v) is 6.29. The molecule has 0 bridgehead atoms. The monoisotopic (exact) mass is 448 g/mol. The zero-order valence-electron chi connectivity index (χ0n) is 17.9. The number of methoxy groups -OCH3 is 1. The molecule has 164 valence electrons. The molecule has 0 radical (unpaired) electrons. The molecule has 6 nitrogen and oxygen atoms in total. The van der Waals surface area contributed by atoms with Gasteiger partial charge < -0.3 is 14.8 Å². The number of nitrogens with zero attached hydrogens (tertiary/aromatic N) is 1. The Labute approximate surface area is 191 Å². The average Bonchev–Trinajstić information content (AvgIpc) is 3.21. The minimum Gasteiger partial charge on any atom is -0.497 e. The molecule has 0 saturated carbocycles. The second kappa shape index (κ2) is 9.78. The molecule has 1 aliphatic heterocycles. The minimum atomic E-state index is -0.210. The maximum absolute atomic E-state index is 12.6. The molecule has 2 amide bonds. The largest absolute Gasteiger partial charge is 0.497 e. The number of thioether (sulfide) groups is 1. The van der Waals surface area contributed by atoms with E-state index < -0.39 is 0 Å². The highest BCUT2D eigenvalue weighted by atomic mass is 32.2. The third-order valence-electron chi connectivity index (χ3n) is 5.08. The number of carbonyl (C=O) groups excluding carboxylic acids is 2. The molecular formula is C25H24N2O4S. The Morgan fingerprint density at radius 1 is 1.06 bits per heavy atom.